The third-order valence-electron chi connectivity index (χ3n) is 1.38. The number of hydrogen-bond acceptors (Lipinski definition) is 0. The predicted molar refractivity (Wildman–Crippen MR) is 30.7 cm³/mol. The van der Waals surface area contributed by atoms with Crippen molar-refractivity contribution >= 4 is 0 Å². The molecule has 0 nitrogen and oxygen atoms in total. The Morgan fingerprint density at radius 3 is 1.45 bits per heavy atom. The van der Waals surface area contributed by atoms with Crippen LogP contribution in [0.3, 0.4) is 0 Å². The first-order chi connectivity index (χ1) is 4.69. The molecule has 0 saturated heterocycles. The summed E-state index contributed by atoms with van der Waals surface area (Å²) < 4.78 is 59.5. The van der Waals surface area contributed by atoms with Gasteiger partial charge in [0.2, 0.25) is 0 Å². The molecule has 68 valence electrons. The normalized spacial score (nSPS) is 16.6. The summed E-state index contributed by atoms with van der Waals surface area (Å²) in [6, 6.07) is 0. The maximum atomic E-state index is 12.6. The first-order valence-electron chi connectivity index (χ1n) is 3.01. The summed E-state index contributed by atoms with van der Waals surface area (Å²) in [7, 11) is 0. The van der Waals surface area contributed by atoms with Crippen molar-refractivity contribution in [1.29, 1.82) is 0 Å². The Balaban J connectivity index is 4.43. The molecule has 11 heavy (non-hydrogen) atoms. The zero-order chi connectivity index (χ0) is 9.28. The van der Waals surface area contributed by atoms with Gasteiger partial charge >= 0.3 is 6.18 Å². The lowest BCUT2D eigenvalue weighted by Gasteiger charge is -2.26. The van der Waals surface area contributed by atoms with Crippen molar-refractivity contribution in [2.75, 3.05) is 6.67 Å². The van der Waals surface area contributed by atoms with E-state index in [9.17, 15) is 22.0 Å². The number of rotatable bonds is 2. The van der Waals surface area contributed by atoms with Gasteiger partial charge in [0.25, 0.3) is 0 Å². The second-order valence-electron chi connectivity index (χ2n) is 2.81. The minimum Gasteiger partial charge on any atom is -0.250 e. The first kappa shape index (κ1) is 10.7. The number of hydrogen-bond donors (Lipinski definition) is 0. The molecule has 0 aromatic heterocycles. The van der Waals surface area contributed by atoms with Gasteiger partial charge in [0.1, 0.15) is 18.3 Å². The van der Waals surface area contributed by atoms with E-state index in [1.54, 1.807) is 0 Å². The van der Waals surface area contributed by atoms with Crippen molar-refractivity contribution < 1.29 is 22.0 Å². The van der Waals surface area contributed by atoms with Crippen LogP contribution in [0, 0.1) is 5.92 Å². The van der Waals surface area contributed by atoms with Crippen LogP contribution in [-0.2, 0) is 0 Å². The molecule has 0 aliphatic heterocycles. The van der Waals surface area contributed by atoms with E-state index in [0.717, 1.165) is 0 Å². The smallest absolute Gasteiger partial charge is 0.250 e. The highest BCUT2D eigenvalue weighted by Crippen LogP contribution is 2.36. The molecule has 0 amide bonds. The Morgan fingerprint density at radius 2 is 1.45 bits per heavy atom. The lowest BCUT2D eigenvalue weighted by Crippen LogP contribution is -2.39. The molecular formula is C6H9F5. The van der Waals surface area contributed by atoms with Crippen LogP contribution in [0.25, 0.3) is 0 Å². The molecule has 1 unspecified atom stereocenters. The van der Waals surface area contributed by atoms with Crippen molar-refractivity contribution in [3.8, 4) is 0 Å². The van der Waals surface area contributed by atoms with Crippen molar-refractivity contribution in [3.63, 3.8) is 0 Å². The maximum absolute atomic E-state index is 12.6. The Kier molecular flexibility index (Phi) is 2.85. The van der Waals surface area contributed by atoms with Crippen LogP contribution >= 0.6 is 0 Å². The average Bonchev–Trinajstić information content (AvgIpc) is 1.56. The predicted octanol–water partition coefficient (Wildman–Crippen LogP) is 2.88. The van der Waals surface area contributed by atoms with Gasteiger partial charge in [0.15, 0.2) is 0 Å². The highest BCUT2D eigenvalue weighted by molar-refractivity contribution is 4.82. The van der Waals surface area contributed by atoms with Gasteiger partial charge in [-0.15, -0.1) is 0 Å². The van der Waals surface area contributed by atoms with Crippen molar-refractivity contribution in [2.45, 2.75) is 25.7 Å². The Bertz CT molecular complexity index is 106. The standard InChI is InChI=1S/C6H9F5/c1-5(2,8)4(3-7)6(9,10)11/h4H,3H2,1-2H3. The van der Waals surface area contributed by atoms with Gasteiger partial charge < -0.3 is 0 Å². The SMILES string of the molecule is CC(C)(F)C(CF)C(F)(F)F. The molecule has 1 atom stereocenters. The molecule has 0 heterocycles. The molecule has 0 radical (unpaired) electrons. The van der Waals surface area contributed by atoms with Crippen LogP contribution in [0.1, 0.15) is 13.8 Å². The number of halogens is 5. The molecule has 0 spiro atoms. The second kappa shape index (κ2) is 2.95. The maximum Gasteiger partial charge on any atom is 0.397 e. The van der Waals surface area contributed by atoms with E-state index in [1.807, 2.05) is 0 Å². The summed E-state index contributed by atoms with van der Waals surface area (Å²) in [5.41, 5.74) is -2.55. The van der Waals surface area contributed by atoms with E-state index in [4.69, 9.17) is 0 Å². The molecule has 0 N–H and O–H groups in total. The van der Waals surface area contributed by atoms with Crippen LogP contribution in [0.4, 0.5) is 22.0 Å². The summed E-state index contributed by atoms with van der Waals surface area (Å²) in [6.07, 6.45) is -4.80. The van der Waals surface area contributed by atoms with Gasteiger partial charge in [-0.25, -0.2) is 4.39 Å². The largest absolute Gasteiger partial charge is 0.397 e. The minimum absolute atomic E-state index is 0.713. The van der Waals surface area contributed by atoms with E-state index >= 15 is 0 Å². The number of alkyl halides is 5. The third-order valence-corrected chi connectivity index (χ3v) is 1.38. The fraction of sp³-hybridized carbons (Fsp3) is 1.00. The molecule has 0 rings (SSSR count). The van der Waals surface area contributed by atoms with Crippen LogP contribution in [0.2, 0.25) is 0 Å². The second-order valence-corrected chi connectivity index (χ2v) is 2.81. The van der Waals surface area contributed by atoms with Gasteiger partial charge in [-0.3, -0.25) is 4.39 Å². The molecule has 0 aliphatic rings. The van der Waals surface area contributed by atoms with Crippen LogP contribution in [0.15, 0.2) is 0 Å². The zero-order valence-electron chi connectivity index (χ0n) is 6.17. The molecule has 0 aromatic rings. The Labute approximate surface area is 61.4 Å². The molecule has 0 aromatic carbocycles. The van der Waals surface area contributed by atoms with Crippen LogP contribution in [0.5, 0.6) is 0 Å². The lowest BCUT2D eigenvalue weighted by atomic mass is 9.94. The van der Waals surface area contributed by atoms with Gasteiger partial charge in [0, 0.05) is 0 Å². The van der Waals surface area contributed by atoms with Crippen molar-refractivity contribution in [2.24, 2.45) is 5.92 Å². The molecule has 0 saturated carbocycles. The summed E-state index contributed by atoms with van der Waals surface area (Å²) in [6.45, 7) is -0.289. The summed E-state index contributed by atoms with van der Waals surface area (Å²) in [5, 5.41) is 0. The van der Waals surface area contributed by atoms with Crippen LogP contribution in [-0.4, -0.2) is 18.5 Å². The molecule has 5 heteroatoms. The van der Waals surface area contributed by atoms with Crippen molar-refractivity contribution in [3.05, 3.63) is 0 Å². The fourth-order valence-corrected chi connectivity index (χ4v) is 0.660. The molecule has 0 fully saturated rings. The van der Waals surface area contributed by atoms with Gasteiger partial charge in [-0.05, 0) is 13.8 Å². The monoisotopic (exact) mass is 176 g/mol. The molecular weight excluding hydrogens is 167 g/mol. The highest BCUT2D eigenvalue weighted by atomic mass is 19.4. The van der Waals surface area contributed by atoms with Crippen LogP contribution < -0.4 is 0 Å². The summed E-state index contributed by atoms with van der Waals surface area (Å²) >= 11 is 0. The van der Waals surface area contributed by atoms with E-state index in [0.29, 0.717) is 13.8 Å². The van der Waals surface area contributed by atoms with E-state index in [-0.39, 0.29) is 0 Å². The van der Waals surface area contributed by atoms with Gasteiger partial charge in [0.05, 0.1) is 0 Å². The Morgan fingerprint density at radius 1 is 1.09 bits per heavy atom. The fourth-order valence-electron chi connectivity index (χ4n) is 0.660. The van der Waals surface area contributed by atoms with E-state index in [1.165, 1.54) is 0 Å². The highest BCUT2D eigenvalue weighted by Gasteiger charge is 2.49. The minimum atomic E-state index is -4.80. The molecule has 0 aliphatic carbocycles. The van der Waals surface area contributed by atoms with Crippen molar-refractivity contribution in [1.82, 2.24) is 0 Å². The summed E-state index contributed by atoms with van der Waals surface area (Å²) in [4.78, 5) is 0. The average molecular weight is 176 g/mol. The Hall–Kier alpha value is -0.350. The van der Waals surface area contributed by atoms with Gasteiger partial charge in [-0.1, -0.05) is 0 Å². The third kappa shape index (κ3) is 3.03. The van der Waals surface area contributed by atoms with E-state index < -0.39 is 24.4 Å². The molecule has 0 bridgehead atoms. The first-order valence-corrected chi connectivity index (χ1v) is 3.01. The quantitative estimate of drug-likeness (QED) is 0.567. The van der Waals surface area contributed by atoms with E-state index in [2.05, 4.69) is 0 Å². The van der Waals surface area contributed by atoms with Gasteiger partial charge in [-0.2, -0.15) is 13.2 Å². The lowest BCUT2D eigenvalue weighted by molar-refractivity contribution is -0.209. The topological polar surface area (TPSA) is 0 Å². The summed E-state index contributed by atoms with van der Waals surface area (Å²) in [5.74, 6) is -2.52. The zero-order valence-corrected chi connectivity index (χ0v) is 6.17.